The Bertz CT molecular complexity index is 763. The summed E-state index contributed by atoms with van der Waals surface area (Å²) in [5.41, 5.74) is 0.338. The third-order valence-electron chi connectivity index (χ3n) is 3.80. The molecule has 0 aliphatic heterocycles. The van der Waals surface area contributed by atoms with Crippen LogP contribution in [-0.4, -0.2) is 28.1 Å². The summed E-state index contributed by atoms with van der Waals surface area (Å²) in [7, 11) is 0. The van der Waals surface area contributed by atoms with E-state index in [9.17, 15) is 9.59 Å². The highest BCUT2D eigenvalue weighted by molar-refractivity contribution is 7.15. The molecule has 1 aromatic carbocycles. The fourth-order valence-corrected chi connectivity index (χ4v) is 3.32. The number of rotatable bonds is 8. The number of nitrogens with one attached hydrogen (secondary N) is 2. The minimum absolute atomic E-state index is 0.103. The fraction of sp³-hybridized carbons (Fsp3) is 0.444. The molecule has 0 saturated heterocycles. The second kappa shape index (κ2) is 9.64. The molecular formula is C18H23ClN4O2S. The highest BCUT2D eigenvalue weighted by Crippen LogP contribution is 2.19. The third kappa shape index (κ3) is 5.51. The van der Waals surface area contributed by atoms with E-state index in [1.807, 2.05) is 13.8 Å². The van der Waals surface area contributed by atoms with Crippen molar-refractivity contribution in [3.63, 3.8) is 0 Å². The summed E-state index contributed by atoms with van der Waals surface area (Å²) in [6.45, 7) is 5.84. The molecule has 2 aromatic rings. The maximum Gasteiger partial charge on any atom is 0.253 e. The predicted octanol–water partition coefficient (Wildman–Crippen LogP) is 3.93. The summed E-state index contributed by atoms with van der Waals surface area (Å²) >= 11 is 7.42. The summed E-state index contributed by atoms with van der Waals surface area (Å²) in [6, 6.07) is 6.03. The van der Waals surface area contributed by atoms with Crippen molar-refractivity contribution >= 4 is 39.9 Å². The van der Waals surface area contributed by atoms with Crippen LogP contribution in [0.3, 0.4) is 0 Å². The van der Waals surface area contributed by atoms with Crippen LogP contribution in [0.15, 0.2) is 24.3 Å². The van der Waals surface area contributed by atoms with Gasteiger partial charge in [0.15, 0.2) is 0 Å². The number of carbonyl (C=O) groups is 2. The first-order valence-electron chi connectivity index (χ1n) is 8.61. The summed E-state index contributed by atoms with van der Waals surface area (Å²) in [5, 5.41) is 15.3. The molecule has 1 heterocycles. The van der Waals surface area contributed by atoms with Gasteiger partial charge in [-0.3, -0.25) is 14.9 Å². The van der Waals surface area contributed by atoms with Crippen LogP contribution >= 0.6 is 22.9 Å². The van der Waals surface area contributed by atoms with Crippen LogP contribution in [-0.2, 0) is 11.2 Å². The minimum Gasteiger partial charge on any atom is -0.340 e. The van der Waals surface area contributed by atoms with Gasteiger partial charge < -0.3 is 5.32 Å². The first kappa shape index (κ1) is 20.3. The minimum atomic E-state index is -0.707. The lowest BCUT2D eigenvalue weighted by atomic mass is 10.0. The molecule has 6 nitrogen and oxygen atoms in total. The fourth-order valence-electron chi connectivity index (χ4n) is 2.32. The molecule has 140 valence electrons. The number of hydrogen-bond donors (Lipinski definition) is 2. The van der Waals surface area contributed by atoms with Crippen molar-refractivity contribution in [3.8, 4) is 0 Å². The molecule has 0 bridgehead atoms. The Morgan fingerprint density at radius 2 is 1.96 bits per heavy atom. The van der Waals surface area contributed by atoms with Gasteiger partial charge in [0.05, 0.1) is 10.6 Å². The van der Waals surface area contributed by atoms with Crippen molar-refractivity contribution in [2.24, 2.45) is 5.92 Å². The van der Waals surface area contributed by atoms with Crippen molar-refractivity contribution in [1.29, 1.82) is 0 Å². The summed E-state index contributed by atoms with van der Waals surface area (Å²) < 4.78 is 0. The lowest BCUT2D eigenvalue weighted by molar-refractivity contribution is -0.118. The van der Waals surface area contributed by atoms with Crippen molar-refractivity contribution < 1.29 is 9.59 Å². The van der Waals surface area contributed by atoms with Gasteiger partial charge in [-0.2, -0.15) is 0 Å². The van der Waals surface area contributed by atoms with Gasteiger partial charge in [-0.25, -0.2) is 0 Å². The number of aryl methyl sites for hydroxylation is 1. The van der Waals surface area contributed by atoms with E-state index < -0.39 is 6.04 Å². The van der Waals surface area contributed by atoms with Gasteiger partial charge in [-0.15, -0.1) is 10.2 Å². The molecular weight excluding hydrogens is 372 g/mol. The first-order valence-corrected chi connectivity index (χ1v) is 9.80. The molecule has 2 amide bonds. The van der Waals surface area contributed by atoms with Crippen molar-refractivity contribution in [2.45, 2.75) is 46.1 Å². The number of nitrogens with zero attached hydrogens (tertiary/aromatic N) is 2. The van der Waals surface area contributed by atoms with Crippen LogP contribution in [0.1, 0.15) is 49.0 Å². The Morgan fingerprint density at radius 1 is 1.23 bits per heavy atom. The highest BCUT2D eigenvalue weighted by Gasteiger charge is 2.26. The molecule has 0 spiro atoms. The molecule has 1 aromatic heterocycles. The number of carbonyl (C=O) groups excluding carboxylic acids is 2. The topological polar surface area (TPSA) is 84.0 Å². The van der Waals surface area contributed by atoms with Crippen LogP contribution in [0, 0.1) is 5.92 Å². The van der Waals surface area contributed by atoms with E-state index >= 15 is 0 Å². The number of hydrogen-bond acceptors (Lipinski definition) is 5. The third-order valence-corrected chi connectivity index (χ3v) is 5.02. The lowest BCUT2D eigenvalue weighted by Gasteiger charge is -2.21. The van der Waals surface area contributed by atoms with Gasteiger partial charge in [0.2, 0.25) is 11.0 Å². The van der Waals surface area contributed by atoms with Crippen LogP contribution < -0.4 is 10.6 Å². The van der Waals surface area contributed by atoms with Crippen LogP contribution in [0.25, 0.3) is 0 Å². The van der Waals surface area contributed by atoms with E-state index in [1.165, 1.54) is 11.3 Å². The maximum absolute atomic E-state index is 12.6. The second-order valence-corrected chi connectivity index (χ2v) is 7.74. The van der Waals surface area contributed by atoms with Crippen molar-refractivity contribution in [2.75, 3.05) is 5.32 Å². The number of amides is 2. The number of halogens is 1. The molecule has 26 heavy (non-hydrogen) atoms. The highest BCUT2D eigenvalue weighted by atomic mass is 35.5. The SMILES string of the molecule is CCCCc1nnc(NC(=O)[C@@H](NC(=O)c2ccccc2Cl)C(C)C)s1. The molecule has 0 radical (unpaired) electrons. The van der Waals surface area contributed by atoms with E-state index in [1.54, 1.807) is 24.3 Å². The van der Waals surface area contributed by atoms with Crippen LogP contribution in [0.4, 0.5) is 5.13 Å². The standard InChI is InChI=1S/C18H23ClN4O2S/c1-4-5-10-14-22-23-18(26-14)21-17(25)15(11(2)3)20-16(24)12-8-6-7-9-13(12)19/h6-9,11,15H,4-5,10H2,1-3H3,(H,20,24)(H,21,23,25)/t15-/m0/s1. The van der Waals surface area contributed by atoms with E-state index in [-0.39, 0.29) is 17.7 Å². The lowest BCUT2D eigenvalue weighted by Crippen LogP contribution is -2.47. The molecule has 8 heteroatoms. The van der Waals surface area contributed by atoms with Gasteiger partial charge >= 0.3 is 0 Å². The Labute approximate surface area is 162 Å². The average molecular weight is 395 g/mol. The van der Waals surface area contributed by atoms with Crippen molar-refractivity contribution in [1.82, 2.24) is 15.5 Å². The number of anilines is 1. The summed E-state index contributed by atoms with van der Waals surface area (Å²) in [4.78, 5) is 25.1. The zero-order valence-electron chi connectivity index (χ0n) is 15.1. The number of benzene rings is 1. The summed E-state index contributed by atoms with van der Waals surface area (Å²) in [6.07, 6.45) is 2.96. The molecule has 0 unspecified atom stereocenters. The molecule has 2 N–H and O–H groups in total. The molecule has 0 aliphatic carbocycles. The number of unbranched alkanes of at least 4 members (excludes halogenated alkanes) is 1. The molecule has 0 fully saturated rings. The Balaban J connectivity index is 2.04. The van der Waals surface area contributed by atoms with Crippen LogP contribution in [0.5, 0.6) is 0 Å². The maximum atomic E-state index is 12.6. The quantitative estimate of drug-likeness (QED) is 0.710. The summed E-state index contributed by atoms with van der Waals surface area (Å²) in [5.74, 6) is -0.808. The predicted molar refractivity (Wildman–Crippen MR) is 105 cm³/mol. The monoisotopic (exact) mass is 394 g/mol. The Morgan fingerprint density at radius 3 is 2.62 bits per heavy atom. The second-order valence-electron chi connectivity index (χ2n) is 6.27. The van der Waals surface area contributed by atoms with E-state index in [0.717, 1.165) is 24.3 Å². The van der Waals surface area contributed by atoms with Gasteiger partial charge in [0.1, 0.15) is 11.0 Å². The average Bonchev–Trinajstić information content (AvgIpc) is 3.04. The van der Waals surface area contributed by atoms with Gasteiger partial charge in [0, 0.05) is 6.42 Å². The Kier molecular flexibility index (Phi) is 7.53. The van der Waals surface area contributed by atoms with E-state index in [0.29, 0.717) is 15.7 Å². The van der Waals surface area contributed by atoms with E-state index in [4.69, 9.17) is 11.6 Å². The largest absolute Gasteiger partial charge is 0.340 e. The van der Waals surface area contributed by atoms with E-state index in [2.05, 4.69) is 27.8 Å². The Hall–Kier alpha value is -1.99. The molecule has 0 saturated carbocycles. The normalized spacial score (nSPS) is 12.0. The van der Waals surface area contributed by atoms with Crippen LogP contribution in [0.2, 0.25) is 5.02 Å². The van der Waals surface area contributed by atoms with Gasteiger partial charge in [-0.1, -0.05) is 62.3 Å². The van der Waals surface area contributed by atoms with Crippen molar-refractivity contribution in [3.05, 3.63) is 39.9 Å². The smallest absolute Gasteiger partial charge is 0.253 e. The molecule has 2 rings (SSSR count). The molecule has 1 atom stereocenters. The molecule has 0 aliphatic rings. The zero-order valence-corrected chi connectivity index (χ0v) is 16.7. The van der Waals surface area contributed by atoms with Gasteiger partial charge in [0.25, 0.3) is 5.91 Å². The number of aromatic nitrogens is 2. The van der Waals surface area contributed by atoms with Gasteiger partial charge in [-0.05, 0) is 24.5 Å². The first-order chi connectivity index (χ1) is 12.4. The zero-order chi connectivity index (χ0) is 19.1.